The second-order valence-corrected chi connectivity index (χ2v) is 6.49. The Kier molecular flexibility index (Phi) is 4.92. The predicted octanol–water partition coefficient (Wildman–Crippen LogP) is 4.66. The third-order valence-electron chi connectivity index (χ3n) is 3.96. The van der Waals surface area contributed by atoms with Gasteiger partial charge in [0.2, 0.25) is 0 Å². The van der Waals surface area contributed by atoms with E-state index >= 15 is 0 Å². The summed E-state index contributed by atoms with van der Waals surface area (Å²) in [6.45, 7) is 0.736. The standard InChI is InChI=1S/C17H14Cl2F2N2O/c18-13-2-1-3-14(19)16(13)23-9-10(8-22-17(23)24)6-11-4-5-12(20)7-15(11)21/h1-5,7,10H,6,8-9H2,(H,22,24). The Morgan fingerprint density at radius 1 is 1.17 bits per heavy atom. The number of carbonyl (C=O) groups excluding carboxylic acids is 1. The van der Waals surface area contributed by atoms with Gasteiger partial charge < -0.3 is 5.32 Å². The van der Waals surface area contributed by atoms with Crippen molar-refractivity contribution in [3.8, 4) is 0 Å². The van der Waals surface area contributed by atoms with Crippen molar-refractivity contribution in [2.24, 2.45) is 5.92 Å². The summed E-state index contributed by atoms with van der Waals surface area (Å²) in [6.07, 6.45) is 0.366. The smallest absolute Gasteiger partial charge is 0.321 e. The molecule has 2 aromatic carbocycles. The lowest BCUT2D eigenvalue weighted by Crippen LogP contribution is -2.52. The third kappa shape index (κ3) is 3.47. The molecule has 1 unspecified atom stereocenters. The van der Waals surface area contributed by atoms with E-state index in [0.29, 0.717) is 40.8 Å². The summed E-state index contributed by atoms with van der Waals surface area (Å²) in [5.41, 5.74) is 0.838. The summed E-state index contributed by atoms with van der Waals surface area (Å²) in [7, 11) is 0. The zero-order valence-corrected chi connectivity index (χ0v) is 14.0. The van der Waals surface area contributed by atoms with Gasteiger partial charge in [0.15, 0.2) is 0 Å². The van der Waals surface area contributed by atoms with Crippen LogP contribution in [0.5, 0.6) is 0 Å². The van der Waals surface area contributed by atoms with Crippen molar-refractivity contribution >= 4 is 34.9 Å². The average molecular weight is 371 g/mol. The summed E-state index contributed by atoms with van der Waals surface area (Å²) in [5, 5.41) is 3.49. The molecular formula is C17H14Cl2F2N2O. The number of carbonyl (C=O) groups is 1. The van der Waals surface area contributed by atoms with Gasteiger partial charge in [-0.3, -0.25) is 4.90 Å². The van der Waals surface area contributed by atoms with Gasteiger partial charge in [-0.05, 0) is 36.1 Å². The van der Waals surface area contributed by atoms with Crippen LogP contribution in [0, 0.1) is 17.6 Å². The van der Waals surface area contributed by atoms with Crippen LogP contribution in [0.15, 0.2) is 36.4 Å². The number of nitrogens with one attached hydrogen (secondary N) is 1. The summed E-state index contributed by atoms with van der Waals surface area (Å²) in [5.74, 6) is -1.26. The molecule has 1 heterocycles. The minimum absolute atomic E-state index is 0.0602. The van der Waals surface area contributed by atoms with Crippen LogP contribution < -0.4 is 10.2 Å². The lowest BCUT2D eigenvalue weighted by atomic mass is 9.96. The molecule has 0 spiro atoms. The molecule has 7 heteroatoms. The van der Waals surface area contributed by atoms with Crippen molar-refractivity contribution in [2.75, 3.05) is 18.0 Å². The second kappa shape index (κ2) is 6.95. The minimum Gasteiger partial charge on any atom is -0.337 e. The molecule has 3 nitrogen and oxygen atoms in total. The molecule has 0 aromatic heterocycles. The molecule has 0 radical (unpaired) electrons. The second-order valence-electron chi connectivity index (χ2n) is 5.67. The fourth-order valence-electron chi connectivity index (χ4n) is 2.81. The largest absolute Gasteiger partial charge is 0.337 e. The fourth-order valence-corrected chi connectivity index (χ4v) is 3.41. The van der Waals surface area contributed by atoms with Gasteiger partial charge in [0.1, 0.15) is 11.6 Å². The van der Waals surface area contributed by atoms with Crippen molar-refractivity contribution in [1.82, 2.24) is 5.32 Å². The molecule has 126 valence electrons. The first kappa shape index (κ1) is 17.0. The Balaban J connectivity index is 1.82. The third-order valence-corrected chi connectivity index (χ3v) is 4.57. The molecule has 1 N–H and O–H groups in total. The van der Waals surface area contributed by atoms with E-state index in [0.717, 1.165) is 6.07 Å². The van der Waals surface area contributed by atoms with Gasteiger partial charge in [-0.2, -0.15) is 0 Å². The molecule has 0 saturated carbocycles. The highest BCUT2D eigenvalue weighted by atomic mass is 35.5. The van der Waals surface area contributed by atoms with Crippen LogP contribution in [0.25, 0.3) is 0 Å². The monoisotopic (exact) mass is 370 g/mol. The van der Waals surface area contributed by atoms with E-state index in [4.69, 9.17) is 23.2 Å². The summed E-state index contributed by atoms with van der Waals surface area (Å²) in [4.78, 5) is 13.6. The number of halogens is 4. The zero-order valence-electron chi connectivity index (χ0n) is 12.5. The van der Waals surface area contributed by atoms with Gasteiger partial charge in [0, 0.05) is 19.2 Å². The van der Waals surface area contributed by atoms with E-state index in [1.807, 2.05) is 0 Å². The molecule has 1 aliphatic rings. The zero-order chi connectivity index (χ0) is 17.3. The highest BCUT2D eigenvalue weighted by molar-refractivity contribution is 6.39. The Bertz CT molecular complexity index is 765. The Hall–Kier alpha value is -1.85. The van der Waals surface area contributed by atoms with Crippen molar-refractivity contribution in [3.05, 3.63) is 63.6 Å². The van der Waals surface area contributed by atoms with Gasteiger partial charge in [-0.15, -0.1) is 0 Å². The van der Waals surface area contributed by atoms with Crippen molar-refractivity contribution in [2.45, 2.75) is 6.42 Å². The van der Waals surface area contributed by atoms with E-state index < -0.39 is 11.6 Å². The molecule has 1 atom stereocenters. The normalized spacial score (nSPS) is 17.8. The fraction of sp³-hybridized carbons (Fsp3) is 0.235. The molecule has 3 rings (SSSR count). The van der Waals surface area contributed by atoms with Gasteiger partial charge in [0.05, 0.1) is 15.7 Å². The van der Waals surface area contributed by atoms with Crippen LogP contribution >= 0.6 is 23.2 Å². The molecular weight excluding hydrogens is 357 g/mol. The Morgan fingerprint density at radius 2 is 1.88 bits per heavy atom. The number of hydrogen-bond acceptors (Lipinski definition) is 1. The van der Waals surface area contributed by atoms with Crippen molar-refractivity contribution < 1.29 is 13.6 Å². The van der Waals surface area contributed by atoms with E-state index in [9.17, 15) is 13.6 Å². The highest BCUT2D eigenvalue weighted by Gasteiger charge is 2.29. The number of urea groups is 1. The summed E-state index contributed by atoms with van der Waals surface area (Å²) >= 11 is 12.3. The molecule has 2 amide bonds. The number of rotatable bonds is 3. The van der Waals surface area contributed by atoms with Crippen LogP contribution in [0.2, 0.25) is 10.0 Å². The van der Waals surface area contributed by atoms with Crippen LogP contribution in [0.4, 0.5) is 19.3 Å². The van der Waals surface area contributed by atoms with Crippen LogP contribution in [0.3, 0.4) is 0 Å². The van der Waals surface area contributed by atoms with Gasteiger partial charge >= 0.3 is 6.03 Å². The number of nitrogens with zero attached hydrogens (tertiary/aromatic N) is 1. The summed E-state index contributed by atoms with van der Waals surface area (Å²) in [6, 6.07) is 8.21. The van der Waals surface area contributed by atoms with E-state index in [1.165, 1.54) is 17.0 Å². The summed E-state index contributed by atoms with van der Waals surface area (Å²) < 4.78 is 26.9. The van der Waals surface area contributed by atoms with Crippen molar-refractivity contribution in [3.63, 3.8) is 0 Å². The maximum absolute atomic E-state index is 13.8. The quantitative estimate of drug-likeness (QED) is 0.836. The Labute approximate surface area is 148 Å². The minimum atomic E-state index is -0.613. The number of para-hydroxylation sites is 1. The lowest BCUT2D eigenvalue weighted by Gasteiger charge is -2.34. The molecule has 2 aromatic rings. The lowest BCUT2D eigenvalue weighted by molar-refractivity contribution is 0.237. The van der Waals surface area contributed by atoms with Crippen LogP contribution in [0.1, 0.15) is 5.56 Å². The number of amides is 2. The number of hydrogen-bond donors (Lipinski definition) is 1. The SMILES string of the molecule is O=C1NCC(Cc2ccc(F)cc2F)CN1c1c(Cl)cccc1Cl. The molecule has 1 aliphatic heterocycles. The average Bonchev–Trinajstić information content (AvgIpc) is 2.53. The van der Waals surface area contributed by atoms with Gasteiger partial charge in [0.25, 0.3) is 0 Å². The maximum Gasteiger partial charge on any atom is 0.321 e. The molecule has 1 fully saturated rings. The number of anilines is 1. The van der Waals surface area contributed by atoms with E-state index in [-0.39, 0.29) is 11.9 Å². The van der Waals surface area contributed by atoms with E-state index in [1.54, 1.807) is 18.2 Å². The van der Waals surface area contributed by atoms with Crippen molar-refractivity contribution in [1.29, 1.82) is 0 Å². The molecule has 24 heavy (non-hydrogen) atoms. The first-order valence-corrected chi connectivity index (χ1v) is 8.14. The maximum atomic E-state index is 13.8. The first-order chi connectivity index (χ1) is 11.5. The molecule has 0 aliphatic carbocycles. The molecule has 1 saturated heterocycles. The van der Waals surface area contributed by atoms with Crippen LogP contribution in [-0.2, 0) is 6.42 Å². The van der Waals surface area contributed by atoms with Gasteiger partial charge in [-0.1, -0.05) is 35.3 Å². The predicted molar refractivity (Wildman–Crippen MR) is 90.8 cm³/mol. The Morgan fingerprint density at radius 3 is 2.54 bits per heavy atom. The highest BCUT2D eigenvalue weighted by Crippen LogP contribution is 2.35. The van der Waals surface area contributed by atoms with Gasteiger partial charge in [-0.25, -0.2) is 13.6 Å². The molecule has 0 bridgehead atoms. The number of benzene rings is 2. The van der Waals surface area contributed by atoms with Crippen LogP contribution in [-0.4, -0.2) is 19.1 Å². The topological polar surface area (TPSA) is 32.3 Å². The first-order valence-electron chi connectivity index (χ1n) is 7.39. The van der Waals surface area contributed by atoms with E-state index in [2.05, 4.69) is 5.32 Å².